The molecule has 2 nitrogen and oxygen atoms in total. The summed E-state index contributed by atoms with van der Waals surface area (Å²) >= 11 is 0. The van der Waals surface area contributed by atoms with E-state index in [2.05, 4.69) is 10.8 Å². The molecule has 0 amide bonds. The molecule has 9 heteroatoms. The van der Waals surface area contributed by atoms with E-state index in [-0.39, 0.29) is 23.6 Å². The van der Waals surface area contributed by atoms with Gasteiger partial charge in [-0.1, -0.05) is 18.2 Å². The second kappa shape index (κ2) is 9.53. The third-order valence-electron chi connectivity index (χ3n) is 6.22. The van der Waals surface area contributed by atoms with Gasteiger partial charge < -0.3 is 9.47 Å². The Labute approximate surface area is 197 Å². The highest BCUT2D eigenvalue weighted by molar-refractivity contribution is 5.35. The number of ether oxygens (including phenoxy) is 2. The predicted molar refractivity (Wildman–Crippen MR) is 114 cm³/mol. The molecule has 0 aliphatic carbocycles. The Kier molecular flexibility index (Phi) is 6.81. The molecule has 0 bridgehead atoms. The van der Waals surface area contributed by atoms with Gasteiger partial charge in [-0.2, -0.15) is 8.78 Å². The van der Waals surface area contributed by atoms with Crippen LogP contribution in [-0.2, 0) is 10.8 Å². The zero-order chi connectivity index (χ0) is 25.5. The van der Waals surface area contributed by atoms with Crippen LogP contribution in [0.2, 0.25) is 0 Å². The molecule has 35 heavy (non-hydrogen) atoms. The van der Waals surface area contributed by atoms with Crippen molar-refractivity contribution in [2.24, 2.45) is 0 Å². The van der Waals surface area contributed by atoms with Crippen LogP contribution in [0.1, 0.15) is 52.7 Å². The molecule has 2 unspecified atom stereocenters. The van der Waals surface area contributed by atoms with E-state index in [1.165, 1.54) is 0 Å². The normalized spacial score (nSPS) is 18.5. The van der Waals surface area contributed by atoms with E-state index >= 15 is 0 Å². The highest BCUT2D eigenvalue weighted by atomic mass is 19.3. The average molecular weight is 498 g/mol. The summed E-state index contributed by atoms with van der Waals surface area (Å²) in [6, 6.07) is 7.73. The van der Waals surface area contributed by atoms with Crippen LogP contribution >= 0.6 is 0 Å². The van der Waals surface area contributed by atoms with Gasteiger partial charge in [-0.3, -0.25) is 0 Å². The lowest BCUT2D eigenvalue weighted by molar-refractivity contribution is -0.188. The first kappa shape index (κ1) is 25.0. The van der Waals surface area contributed by atoms with E-state index in [4.69, 9.17) is 4.74 Å². The van der Waals surface area contributed by atoms with E-state index in [0.29, 0.717) is 19.4 Å². The van der Waals surface area contributed by atoms with Crippen LogP contribution in [0, 0.1) is 42.9 Å². The Balaban J connectivity index is 1.50. The SMILES string of the molecule is Cc1ccc(C2CCC(c3cc(F)c(OC(F)(F)c4cc(F)c(F)c(F)c4)c(F)c3)OC2)cc1C. The van der Waals surface area contributed by atoms with Crippen molar-refractivity contribution in [2.45, 2.75) is 44.8 Å². The van der Waals surface area contributed by atoms with Crippen LogP contribution in [0.3, 0.4) is 0 Å². The highest BCUT2D eigenvalue weighted by Crippen LogP contribution is 2.40. The molecular formula is C26H21F7O2. The lowest BCUT2D eigenvalue weighted by Crippen LogP contribution is -2.24. The second-order valence-corrected chi connectivity index (χ2v) is 8.63. The molecule has 1 aliphatic heterocycles. The van der Waals surface area contributed by atoms with E-state index < -0.39 is 52.6 Å². The van der Waals surface area contributed by atoms with Gasteiger partial charge in [0, 0.05) is 5.92 Å². The number of benzene rings is 3. The smallest absolute Gasteiger partial charge is 0.423 e. The Morgan fingerprint density at radius 2 is 1.40 bits per heavy atom. The Morgan fingerprint density at radius 1 is 0.771 bits per heavy atom. The lowest BCUT2D eigenvalue weighted by atomic mass is 9.88. The van der Waals surface area contributed by atoms with E-state index in [1.54, 1.807) is 0 Å². The Hall–Kier alpha value is -3.07. The van der Waals surface area contributed by atoms with Gasteiger partial charge in [-0.25, -0.2) is 22.0 Å². The predicted octanol–water partition coefficient (Wildman–Crippen LogP) is 7.76. The summed E-state index contributed by atoms with van der Waals surface area (Å²) in [5.74, 6) is -9.96. The molecule has 0 spiro atoms. The van der Waals surface area contributed by atoms with Crippen molar-refractivity contribution in [3.63, 3.8) is 0 Å². The fourth-order valence-electron chi connectivity index (χ4n) is 4.07. The molecule has 1 saturated heterocycles. The van der Waals surface area contributed by atoms with Gasteiger partial charge in [0.15, 0.2) is 34.8 Å². The molecule has 3 aromatic carbocycles. The molecule has 3 aromatic rings. The van der Waals surface area contributed by atoms with Crippen molar-refractivity contribution >= 4 is 0 Å². The Morgan fingerprint density at radius 3 is 1.94 bits per heavy atom. The minimum Gasteiger partial charge on any atom is -0.423 e. The molecule has 4 rings (SSSR count). The van der Waals surface area contributed by atoms with Crippen LogP contribution in [0.4, 0.5) is 30.7 Å². The number of rotatable bonds is 5. The minimum absolute atomic E-state index is 0.00950. The van der Waals surface area contributed by atoms with Crippen LogP contribution in [0.15, 0.2) is 42.5 Å². The highest BCUT2D eigenvalue weighted by Gasteiger charge is 2.39. The number of hydrogen-bond acceptors (Lipinski definition) is 2. The topological polar surface area (TPSA) is 18.5 Å². The molecular weight excluding hydrogens is 477 g/mol. The number of alkyl halides is 2. The van der Waals surface area contributed by atoms with Gasteiger partial charge in [0.25, 0.3) is 0 Å². The van der Waals surface area contributed by atoms with Gasteiger partial charge in [0.05, 0.1) is 18.3 Å². The summed E-state index contributed by atoms with van der Waals surface area (Å²) < 4.78 is 108. The first-order valence-electron chi connectivity index (χ1n) is 10.9. The fraction of sp³-hybridized carbons (Fsp3) is 0.308. The molecule has 2 atom stereocenters. The number of hydrogen-bond donors (Lipinski definition) is 0. The quantitative estimate of drug-likeness (QED) is 0.264. The first-order valence-corrected chi connectivity index (χ1v) is 10.9. The summed E-state index contributed by atoms with van der Waals surface area (Å²) in [4.78, 5) is 0. The van der Waals surface area contributed by atoms with Crippen molar-refractivity contribution in [3.8, 4) is 5.75 Å². The summed E-state index contributed by atoms with van der Waals surface area (Å²) in [5.41, 5.74) is 2.07. The van der Waals surface area contributed by atoms with Crippen molar-refractivity contribution in [3.05, 3.63) is 99.4 Å². The van der Waals surface area contributed by atoms with E-state index in [1.807, 2.05) is 26.0 Å². The largest absolute Gasteiger partial charge is 0.427 e. The van der Waals surface area contributed by atoms with Crippen LogP contribution < -0.4 is 4.74 Å². The third kappa shape index (κ3) is 5.15. The third-order valence-corrected chi connectivity index (χ3v) is 6.22. The lowest BCUT2D eigenvalue weighted by Gasteiger charge is -2.30. The number of halogens is 7. The minimum atomic E-state index is -4.54. The second-order valence-electron chi connectivity index (χ2n) is 8.63. The molecule has 0 radical (unpaired) electrons. The summed E-state index contributed by atoms with van der Waals surface area (Å²) in [5, 5.41) is 0. The van der Waals surface area contributed by atoms with Crippen molar-refractivity contribution < 1.29 is 40.2 Å². The zero-order valence-electron chi connectivity index (χ0n) is 18.8. The maximum absolute atomic E-state index is 14.6. The monoisotopic (exact) mass is 498 g/mol. The van der Waals surface area contributed by atoms with Crippen LogP contribution in [-0.4, -0.2) is 6.61 Å². The van der Waals surface area contributed by atoms with Gasteiger partial charge in [0.1, 0.15) is 0 Å². The molecule has 1 heterocycles. The summed E-state index contributed by atoms with van der Waals surface area (Å²) in [7, 11) is 0. The molecule has 0 N–H and O–H groups in total. The van der Waals surface area contributed by atoms with Crippen molar-refractivity contribution in [1.82, 2.24) is 0 Å². The zero-order valence-corrected chi connectivity index (χ0v) is 18.8. The van der Waals surface area contributed by atoms with Crippen molar-refractivity contribution in [1.29, 1.82) is 0 Å². The van der Waals surface area contributed by atoms with Gasteiger partial charge in [-0.15, -0.1) is 0 Å². The molecule has 0 saturated carbocycles. The van der Waals surface area contributed by atoms with E-state index in [9.17, 15) is 30.7 Å². The molecule has 1 fully saturated rings. The molecule has 1 aliphatic rings. The first-order chi connectivity index (χ1) is 16.5. The maximum atomic E-state index is 14.6. The van der Waals surface area contributed by atoms with E-state index in [0.717, 1.165) is 28.8 Å². The van der Waals surface area contributed by atoms with Crippen LogP contribution in [0.25, 0.3) is 0 Å². The fourth-order valence-corrected chi connectivity index (χ4v) is 4.07. The molecule has 186 valence electrons. The number of aryl methyl sites for hydroxylation is 2. The Bertz CT molecular complexity index is 1200. The van der Waals surface area contributed by atoms with Gasteiger partial charge in [0.2, 0.25) is 0 Å². The van der Waals surface area contributed by atoms with Crippen LogP contribution in [0.5, 0.6) is 5.75 Å². The van der Waals surface area contributed by atoms with Crippen molar-refractivity contribution in [2.75, 3.05) is 6.61 Å². The maximum Gasteiger partial charge on any atom is 0.427 e. The average Bonchev–Trinajstić information content (AvgIpc) is 2.81. The van der Waals surface area contributed by atoms with Gasteiger partial charge in [-0.05, 0) is 73.2 Å². The summed E-state index contributed by atoms with van der Waals surface area (Å²) in [6.45, 7) is 4.33. The van der Waals surface area contributed by atoms with Gasteiger partial charge >= 0.3 is 6.11 Å². The summed E-state index contributed by atoms with van der Waals surface area (Å²) in [6.07, 6.45) is -4.06. The standard InChI is InChI=1S/C26H21F7O2/c1-13-3-4-15(7-14(13)2)16-5-6-23(34-12-16)17-8-21(29)25(22(30)9-17)35-26(32,33)18-10-19(27)24(31)20(28)11-18/h3-4,7-11,16,23H,5-6,12H2,1-2H3. The molecule has 0 aromatic heterocycles.